The Hall–Kier alpha value is -1.23. The van der Waals surface area contributed by atoms with Gasteiger partial charge < -0.3 is 18.3 Å². The van der Waals surface area contributed by atoms with Crippen molar-refractivity contribution in [1.82, 2.24) is 0 Å². The van der Waals surface area contributed by atoms with Crippen LogP contribution in [0.1, 0.15) is 132 Å². The van der Waals surface area contributed by atoms with Gasteiger partial charge in [0.15, 0.2) is 16.6 Å². The van der Waals surface area contributed by atoms with E-state index in [9.17, 15) is 9.59 Å². The van der Waals surface area contributed by atoms with E-state index in [0.717, 1.165) is 36.8 Å². The molecular weight excluding hydrogens is 585 g/mol. The van der Waals surface area contributed by atoms with E-state index in [4.69, 9.17) is 18.3 Å². The summed E-state index contributed by atoms with van der Waals surface area (Å²) in [4.78, 5) is 24.9. The lowest BCUT2D eigenvalue weighted by Crippen LogP contribution is -2.45. The van der Waals surface area contributed by atoms with Gasteiger partial charge in [-0.05, 0) is 75.8 Å². The standard InChI is InChI=1S/C36H66O6Si2/c1-27-31(41-43(9,10)35(3,4)5)29(33(37)39-27)25-23-21-19-17-15-13-14-16-18-20-22-24-26-30-32(28(2)40-34(30)38)42-44(11,12)36(6,7)8/h25-28,31-32H,13-24H2,1-12H3/b29-25-,30-26+/t27-,28-,31+,32+/m0/s1. The highest BCUT2D eigenvalue weighted by atomic mass is 28.4. The quantitative estimate of drug-likeness (QED) is 0.0675. The molecule has 2 heterocycles. The van der Waals surface area contributed by atoms with Gasteiger partial charge in [-0.1, -0.05) is 105 Å². The first-order valence-electron chi connectivity index (χ1n) is 17.5. The molecule has 44 heavy (non-hydrogen) atoms. The molecule has 0 saturated carbocycles. The van der Waals surface area contributed by atoms with Crippen molar-refractivity contribution < 1.29 is 27.9 Å². The first-order chi connectivity index (χ1) is 20.3. The van der Waals surface area contributed by atoms with E-state index in [1.54, 1.807) is 0 Å². The number of ether oxygens (including phenoxy) is 2. The van der Waals surface area contributed by atoms with Gasteiger partial charge in [0.2, 0.25) is 0 Å². The van der Waals surface area contributed by atoms with E-state index in [2.05, 4.69) is 79.9 Å². The molecule has 0 spiro atoms. The number of unbranched alkanes of at least 4 members (excludes halogenated alkanes) is 11. The molecule has 2 fully saturated rings. The van der Waals surface area contributed by atoms with Gasteiger partial charge in [0, 0.05) is 0 Å². The van der Waals surface area contributed by atoms with E-state index in [-0.39, 0.29) is 46.4 Å². The molecule has 0 aliphatic carbocycles. The maximum atomic E-state index is 12.5. The summed E-state index contributed by atoms with van der Waals surface area (Å²) in [5.74, 6) is -0.401. The Bertz CT molecular complexity index is 921. The van der Waals surface area contributed by atoms with Crippen molar-refractivity contribution in [3.8, 4) is 0 Å². The van der Waals surface area contributed by atoms with Gasteiger partial charge >= 0.3 is 11.9 Å². The molecule has 2 aliphatic rings. The third-order valence-electron chi connectivity index (χ3n) is 10.4. The molecule has 254 valence electrons. The zero-order valence-corrected chi connectivity index (χ0v) is 32.4. The molecule has 4 atom stereocenters. The number of cyclic esters (lactones) is 2. The van der Waals surface area contributed by atoms with Gasteiger partial charge in [-0.25, -0.2) is 9.59 Å². The number of rotatable bonds is 17. The van der Waals surface area contributed by atoms with Crippen molar-refractivity contribution in [1.29, 1.82) is 0 Å². The minimum atomic E-state index is -1.99. The topological polar surface area (TPSA) is 71.1 Å². The van der Waals surface area contributed by atoms with Gasteiger partial charge in [-0.2, -0.15) is 0 Å². The van der Waals surface area contributed by atoms with Crippen molar-refractivity contribution in [2.24, 2.45) is 0 Å². The molecule has 2 aliphatic heterocycles. The van der Waals surface area contributed by atoms with Crippen LogP contribution < -0.4 is 0 Å². The maximum Gasteiger partial charge on any atom is 0.336 e. The fraction of sp³-hybridized carbons (Fsp3) is 0.833. The summed E-state index contributed by atoms with van der Waals surface area (Å²) in [5.41, 5.74) is 1.46. The SMILES string of the molecule is C[C@@H]1OC(=O)/C(=C\CCCCCCCCCCCC/C=C2/C(=O)O[C@@H](C)[C@H]2O[Si](C)(C)C(C)(C)C)[C@@H]1O[Si](C)(C)C(C)(C)C. The minimum Gasteiger partial charge on any atom is -0.456 e. The minimum absolute atomic E-state index is 0.0944. The van der Waals surface area contributed by atoms with Gasteiger partial charge in [-0.3, -0.25) is 0 Å². The smallest absolute Gasteiger partial charge is 0.336 e. The van der Waals surface area contributed by atoms with Gasteiger partial charge in [0.1, 0.15) is 24.4 Å². The van der Waals surface area contributed by atoms with E-state index < -0.39 is 16.6 Å². The molecule has 2 rings (SSSR count). The number of hydrogen-bond donors (Lipinski definition) is 0. The van der Waals surface area contributed by atoms with Gasteiger partial charge in [-0.15, -0.1) is 0 Å². The Labute approximate surface area is 272 Å². The largest absolute Gasteiger partial charge is 0.456 e. The van der Waals surface area contributed by atoms with Crippen LogP contribution >= 0.6 is 0 Å². The molecule has 0 amide bonds. The molecule has 0 bridgehead atoms. The zero-order chi connectivity index (χ0) is 33.3. The summed E-state index contributed by atoms with van der Waals surface area (Å²) in [5, 5.41) is 0.189. The van der Waals surface area contributed by atoms with Crippen molar-refractivity contribution in [2.75, 3.05) is 0 Å². The average molecular weight is 651 g/mol. The third kappa shape index (κ3) is 11.2. The number of hydrogen-bond acceptors (Lipinski definition) is 6. The zero-order valence-electron chi connectivity index (χ0n) is 30.4. The Morgan fingerprint density at radius 1 is 0.568 bits per heavy atom. The molecule has 6 nitrogen and oxygen atoms in total. The third-order valence-corrected chi connectivity index (χ3v) is 19.3. The summed E-state index contributed by atoms with van der Waals surface area (Å²) in [6.07, 6.45) is 17.3. The lowest BCUT2D eigenvalue weighted by Gasteiger charge is -2.38. The number of carbonyl (C=O) groups is 2. The highest BCUT2D eigenvalue weighted by molar-refractivity contribution is 6.74. The molecule has 0 aromatic rings. The predicted octanol–water partition coefficient (Wildman–Crippen LogP) is 10.2. The van der Waals surface area contributed by atoms with Crippen LogP contribution in [-0.2, 0) is 27.9 Å². The summed E-state index contributed by atoms with van der Waals surface area (Å²) >= 11 is 0. The van der Waals surface area contributed by atoms with Crippen molar-refractivity contribution in [3.63, 3.8) is 0 Å². The normalized spacial score (nSPS) is 25.3. The van der Waals surface area contributed by atoms with E-state index in [1.807, 2.05) is 13.8 Å². The fourth-order valence-corrected chi connectivity index (χ4v) is 7.87. The Kier molecular flexibility index (Phi) is 14.7. The highest BCUT2D eigenvalue weighted by Gasteiger charge is 2.47. The van der Waals surface area contributed by atoms with Crippen molar-refractivity contribution >= 4 is 28.6 Å². The molecular formula is C36H66O6Si2. The van der Waals surface area contributed by atoms with Crippen LogP contribution in [0.4, 0.5) is 0 Å². The Morgan fingerprint density at radius 3 is 1.11 bits per heavy atom. The first kappa shape index (κ1) is 39.0. The molecule has 8 heteroatoms. The van der Waals surface area contributed by atoms with Crippen LogP contribution in [-0.4, -0.2) is 53.0 Å². The van der Waals surface area contributed by atoms with Crippen molar-refractivity contribution in [3.05, 3.63) is 23.3 Å². The van der Waals surface area contributed by atoms with Crippen LogP contribution in [0.15, 0.2) is 23.3 Å². The second kappa shape index (κ2) is 16.6. The summed E-state index contributed by atoms with van der Waals surface area (Å²) in [7, 11) is -3.98. The van der Waals surface area contributed by atoms with Gasteiger partial charge in [0.25, 0.3) is 0 Å². The average Bonchev–Trinajstić information content (AvgIpc) is 3.29. The second-order valence-corrected chi connectivity index (χ2v) is 25.8. The fourth-order valence-electron chi connectivity index (χ4n) is 5.26. The number of esters is 2. The summed E-state index contributed by atoms with van der Waals surface area (Å²) in [6.45, 7) is 26.2. The van der Waals surface area contributed by atoms with E-state index in [1.165, 1.54) is 51.4 Å². The predicted molar refractivity (Wildman–Crippen MR) is 187 cm³/mol. The Balaban J connectivity index is 1.59. The van der Waals surface area contributed by atoms with Crippen LogP contribution in [0.3, 0.4) is 0 Å². The number of allylic oxidation sites excluding steroid dienone is 2. The molecule has 0 N–H and O–H groups in total. The molecule has 0 radical (unpaired) electrons. The van der Waals surface area contributed by atoms with Crippen molar-refractivity contribution in [2.45, 2.75) is 193 Å². The van der Waals surface area contributed by atoms with E-state index in [0.29, 0.717) is 0 Å². The first-order valence-corrected chi connectivity index (χ1v) is 23.3. The highest BCUT2D eigenvalue weighted by Crippen LogP contribution is 2.41. The van der Waals surface area contributed by atoms with Gasteiger partial charge in [0.05, 0.1) is 11.1 Å². The monoisotopic (exact) mass is 650 g/mol. The van der Waals surface area contributed by atoms with Crippen LogP contribution in [0.25, 0.3) is 0 Å². The lowest BCUT2D eigenvalue weighted by molar-refractivity contribution is -0.139. The maximum absolute atomic E-state index is 12.5. The van der Waals surface area contributed by atoms with E-state index >= 15 is 0 Å². The molecule has 0 unspecified atom stereocenters. The lowest BCUT2D eigenvalue weighted by atomic mass is 10.0. The second-order valence-electron chi connectivity index (χ2n) is 16.3. The Morgan fingerprint density at radius 2 is 0.841 bits per heavy atom. The van der Waals surface area contributed by atoms with Crippen LogP contribution in [0, 0.1) is 0 Å². The summed E-state index contributed by atoms with van der Waals surface area (Å²) in [6, 6.07) is 0. The molecule has 0 aromatic heterocycles. The van der Waals surface area contributed by atoms with Crippen LogP contribution in [0.2, 0.25) is 36.3 Å². The molecule has 2 saturated heterocycles. The molecule has 0 aromatic carbocycles. The van der Waals surface area contributed by atoms with Crippen LogP contribution in [0.5, 0.6) is 0 Å². The summed E-state index contributed by atoms with van der Waals surface area (Å²) < 4.78 is 24.2. The number of carbonyl (C=O) groups excluding carboxylic acids is 2.